The number of thiophene rings is 1. The molecule has 0 aliphatic carbocycles. The van der Waals surface area contributed by atoms with Crippen molar-refractivity contribution < 1.29 is 26.1 Å². The molecular weight excluding hydrogens is 413 g/mol. The van der Waals surface area contributed by atoms with Gasteiger partial charge in [0.25, 0.3) is 10.0 Å². The van der Waals surface area contributed by atoms with E-state index < -0.39 is 26.8 Å². The van der Waals surface area contributed by atoms with Crippen LogP contribution in [0, 0.1) is 6.92 Å². The van der Waals surface area contributed by atoms with Crippen LogP contribution in [0.2, 0.25) is 5.02 Å². The second-order valence-electron chi connectivity index (χ2n) is 5.28. The Balaban J connectivity index is 1.89. The van der Waals surface area contributed by atoms with Crippen molar-refractivity contribution in [3.05, 3.63) is 52.0 Å². The van der Waals surface area contributed by atoms with E-state index in [2.05, 4.69) is 9.88 Å². The molecule has 0 amide bonds. The monoisotopic (exact) mass is 422 g/mol. The minimum Gasteiger partial charge on any atom is -0.356 e. The number of nitrogens with one attached hydrogen (secondary N) is 1. The van der Waals surface area contributed by atoms with Gasteiger partial charge in [0.1, 0.15) is 4.21 Å². The zero-order chi connectivity index (χ0) is 19.1. The first kappa shape index (κ1) is 18.7. The minimum absolute atomic E-state index is 0.0786. The molecule has 3 aromatic rings. The molecule has 3 rings (SSSR count). The third-order valence-electron chi connectivity index (χ3n) is 3.28. The molecule has 0 bridgehead atoms. The van der Waals surface area contributed by atoms with E-state index in [0.717, 1.165) is 23.5 Å². The van der Waals surface area contributed by atoms with E-state index in [1.807, 2.05) is 0 Å². The van der Waals surface area contributed by atoms with Gasteiger partial charge in [-0.1, -0.05) is 16.8 Å². The number of alkyl halides is 3. The molecular formula is C15H10ClF3N2O3S2. The topological polar surface area (TPSA) is 72.2 Å². The number of hydrogen-bond acceptors (Lipinski definition) is 5. The van der Waals surface area contributed by atoms with Crippen molar-refractivity contribution in [3.8, 4) is 11.3 Å². The molecule has 11 heteroatoms. The summed E-state index contributed by atoms with van der Waals surface area (Å²) in [6.07, 6.45) is -4.70. The number of aryl methyl sites for hydroxylation is 1. The van der Waals surface area contributed by atoms with Crippen molar-refractivity contribution in [2.75, 3.05) is 4.72 Å². The van der Waals surface area contributed by atoms with Gasteiger partial charge in [-0.3, -0.25) is 4.72 Å². The molecule has 2 heterocycles. The average Bonchev–Trinajstić information content (AvgIpc) is 3.17. The van der Waals surface area contributed by atoms with E-state index in [-0.39, 0.29) is 9.90 Å². The first-order chi connectivity index (χ1) is 12.1. The number of benzene rings is 1. The summed E-state index contributed by atoms with van der Waals surface area (Å²) in [6.45, 7) is 1.72. The number of rotatable bonds is 4. The average molecular weight is 423 g/mol. The molecule has 0 fully saturated rings. The molecule has 5 nitrogen and oxygen atoms in total. The maximum absolute atomic E-state index is 12.9. The van der Waals surface area contributed by atoms with Gasteiger partial charge in [0.05, 0.1) is 16.3 Å². The summed E-state index contributed by atoms with van der Waals surface area (Å²) in [5.74, 6) is 0.394. The van der Waals surface area contributed by atoms with Gasteiger partial charge < -0.3 is 4.52 Å². The highest BCUT2D eigenvalue weighted by Crippen LogP contribution is 2.37. The predicted molar refractivity (Wildman–Crippen MR) is 91.8 cm³/mol. The Labute approximate surface area is 155 Å². The summed E-state index contributed by atoms with van der Waals surface area (Å²) in [5.41, 5.74) is -0.229. The summed E-state index contributed by atoms with van der Waals surface area (Å²) in [5, 5.41) is 4.76. The Morgan fingerprint density at radius 3 is 2.58 bits per heavy atom. The zero-order valence-corrected chi connectivity index (χ0v) is 15.4. The van der Waals surface area contributed by atoms with Gasteiger partial charge in [0.15, 0.2) is 5.76 Å². The molecule has 2 aromatic heterocycles. The Morgan fingerprint density at radius 1 is 1.23 bits per heavy atom. The number of aromatic nitrogens is 1. The summed E-state index contributed by atoms with van der Waals surface area (Å²) in [6, 6.07) is 5.78. The van der Waals surface area contributed by atoms with E-state index in [1.165, 1.54) is 6.07 Å². The smallest absolute Gasteiger partial charge is 0.356 e. The highest BCUT2D eigenvalue weighted by molar-refractivity contribution is 7.94. The van der Waals surface area contributed by atoms with E-state index >= 15 is 0 Å². The van der Waals surface area contributed by atoms with Crippen LogP contribution in [-0.4, -0.2) is 13.6 Å². The van der Waals surface area contributed by atoms with Crippen LogP contribution >= 0.6 is 22.9 Å². The van der Waals surface area contributed by atoms with Gasteiger partial charge in [0, 0.05) is 22.7 Å². The number of nitrogens with zero attached hydrogens (tertiary/aromatic N) is 1. The normalized spacial score (nSPS) is 12.3. The molecule has 26 heavy (non-hydrogen) atoms. The van der Waals surface area contributed by atoms with Crippen molar-refractivity contribution in [2.45, 2.75) is 17.3 Å². The number of sulfonamides is 1. The Bertz CT molecular complexity index is 1060. The summed E-state index contributed by atoms with van der Waals surface area (Å²) < 4.78 is 70.7. The predicted octanol–water partition coefficient (Wildman–Crippen LogP) is 5.18. The highest BCUT2D eigenvalue weighted by Gasteiger charge is 2.33. The lowest BCUT2D eigenvalue weighted by atomic mass is 10.2. The Morgan fingerprint density at radius 2 is 1.96 bits per heavy atom. The maximum atomic E-state index is 12.9. The molecule has 0 spiro atoms. The first-order valence-corrected chi connectivity index (χ1v) is 9.72. The lowest BCUT2D eigenvalue weighted by Crippen LogP contribution is -2.13. The van der Waals surface area contributed by atoms with Crippen LogP contribution in [0.15, 0.2) is 44.4 Å². The lowest BCUT2D eigenvalue weighted by molar-refractivity contribution is -0.137. The molecule has 1 N–H and O–H groups in total. The zero-order valence-electron chi connectivity index (χ0n) is 13.0. The highest BCUT2D eigenvalue weighted by atomic mass is 35.5. The second-order valence-corrected chi connectivity index (χ2v) is 8.51. The minimum atomic E-state index is -4.70. The second kappa shape index (κ2) is 6.60. The van der Waals surface area contributed by atoms with Crippen LogP contribution in [0.4, 0.5) is 18.9 Å². The third-order valence-corrected chi connectivity index (χ3v) is 6.43. The summed E-state index contributed by atoms with van der Waals surface area (Å²) >= 11 is 6.44. The lowest BCUT2D eigenvalue weighted by Gasteiger charge is -2.12. The molecule has 0 radical (unpaired) electrons. The SMILES string of the molecule is Cc1cc(-c2csc(S(=O)(=O)Nc3ccc(Cl)c(C(F)(F)F)c3)c2)on1. The maximum Gasteiger partial charge on any atom is 0.417 e. The molecule has 0 saturated carbocycles. The fourth-order valence-electron chi connectivity index (χ4n) is 2.10. The van der Waals surface area contributed by atoms with Gasteiger partial charge in [0.2, 0.25) is 0 Å². The number of anilines is 1. The number of hydrogen-bond donors (Lipinski definition) is 1. The molecule has 0 saturated heterocycles. The summed E-state index contributed by atoms with van der Waals surface area (Å²) in [7, 11) is -4.07. The van der Waals surface area contributed by atoms with Crippen LogP contribution in [0.3, 0.4) is 0 Å². The van der Waals surface area contributed by atoms with Gasteiger partial charge in [-0.15, -0.1) is 11.3 Å². The van der Waals surface area contributed by atoms with Gasteiger partial charge in [-0.05, 0) is 31.2 Å². The van der Waals surface area contributed by atoms with Crippen LogP contribution in [0.25, 0.3) is 11.3 Å². The molecule has 0 unspecified atom stereocenters. The standard InChI is InChI=1S/C15H10ClF3N2O3S2/c1-8-4-13(24-20-8)9-5-14(25-7-9)26(22,23)21-10-2-3-12(16)11(6-10)15(17,18)19/h2-7,21H,1H3. The molecule has 0 atom stereocenters. The van der Waals surface area contributed by atoms with Crippen LogP contribution in [0.1, 0.15) is 11.3 Å². The molecule has 0 aliphatic rings. The van der Waals surface area contributed by atoms with Crippen LogP contribution in [0.5, 0.6) is 0 Å². The van der Waals surface area contributed by atoms with Crippen molar-refractivity contribution in [1.82, 2.24) is 5.16 Å². The van der Waals surface area contributed by atoms with E-state index in [4.69, 9.17) is 16.1 Å². The fourth-order valence-corrected chi connectivity index (χ4v) is 4.54. The number of halogens is 4. The van der Waals surface area contributed by atoms with E-state index in [1.54, 1.807) is 18.4 Å². The quantitative estimate of drug-likeness (QED) is 0.628. The van der Waals surface area contributed by atoms with Gasteiger partial charge in [-0.2, -0.15) is 13.2 Å². The first-order valence-electron chi connectivity index (χ1n) is 6.98. The Kier molecular flexibility index (Phi) is 4.76. The van der Waals surface area contributed by atoms with Crippen LogP contribution in [-0.2, 0) is 16.2 Å². The van der Waals surface area contributed by atoms with Crippen molar-refractivity contribution in [3.63, 3.8) is 0 Å². The third kappa shape index (κ3) is 3.87. The van der Waals surface area contributed by atoms with Gasteiger partial charge >= 0.3 is 6.18 Å². The van der Waals surface area contributed by atoms with E-state index in [0.29, 0.717) is 23.1 Å². The summed E-state index contributed by atoms with van der Waals surface area (Å²) in [4.78, 5) is 0. The van der Waals surface area contributed by atoms with E-state index in [9.17, 15) is 21.6 Å². The molecule has 1 aromatic carbocycles. The molecule has 138 valence electrons. The van der Waals surface area contributed by atoms with Gasteiger partial charge in [-0.25, -0.2) is 8.42 Å². The Hall–Kier alpha value is -2.04. The van der Waals surface area contributed by atoms with Crippen molar-refractivity contribution in [2.24, 2.45) is 0 Å². The van der Waals surface area contributed by atoms with Crippen LogP contribution < -0.4 is 4.72 Å². The fraction of sp³-hybridized carbons (Fsp3) is 0.133. The largest absolute Gasteiger partial charge is 0.417 e. The van der Waals surface area contributed by atoms with Crippen molar-refractivity contribution >= 4 is 38.6 Å². The molecule has 0 aliphatic heterocycles. The van der Waals surface area contributed by atoms with Crippen molar-refractivity contribution in [1.29, 1.82) is 0 Å².